The number of nitrogens with one attached hydrogen (secondary N) is 2. The van der Waals surface area contributed by atoms with Crippen LogP contribution >= 0.6 is 24.0 Å². The van der Waals surface area contributed by atoms with Gasteiger partial charge in [0, 0.05) is 25.7 Å². The molecular formula is C16H25F2IN4. The molecular weight excluding hydrogens is 413 g/mol. The van der Waals surface area contributed by atoms with E-state index < -0.39 is 11.6 Å². The summed E-state index contributed by atoms with van der Waals surface area (Å²) in [5.74, 6) is 0.385. The van der Waals surface area contributed by atoms with Crippen molar-refractivity contribution in [3.8, 4) is 0 Å². The van der Waals surface area contributed by atoms with Crippen LogP contribution in [-0.4, -0.2) is 44.6 Å². The number of hydrogen-bond donors (Lipinski definition) is 2. The lowest BCUT2D eigenvalue weighted by atomic mass is 9.97. The van der Waals surface area contributed by atoms with Gasteiger partial charge >= 0.3 is 0 Å². The van der Waals surface area contributed by atoms with E-state index in [1.807, 2.05) is 0 Å². The maximum absolute atomic E-state index is 13.6. The van der Waals surface area contributed by atoms with E-state index in [2.05, 4.69) is 27.6 Å². The number of aliphatic imine (C=N–C) groups is 1. The number of halogens is 3. The van der Waals surface area contributed by atoms with E-state index in [9.17, 15) is 8.78 Å². The number of piperidine rings is 1. The Hall–Kier alpha value is -0.960. The fourth-order valence-electron chi connectivity index (χ4n) is 2.59. The Kier molecular flexibility index (Phi) is 8.75. The second-order valence-corrected chi connectivity index (χ2v) is 5.79. The van der Waals surface area contributed by atoms with Gasteiger partial charge in [0.2, 0.25) is 0 Å². The molecule has 1 aromatic carbocycles. The molecule has 0 aliphatic carbocycles. The molecule has 0 saturated carbocycles. The van der Waals surface area contributed by atoms with Crippen LogP contribution in [0, 0.1) is 17.6 Å². The maximum atomic E-state index is 13.6. The van der Waals surface area contributed by atoms with E-state index in [4.69, 9.17) is 0 Å². The summed E-state index contributed by atoms with van der Waals surface area (Å²) in [6.45, 7) is 3.29. The Morgan fingerprint density at radius 3 is 2.61 bits per heavy atom. The van der Waals surface area contributed by atoms with Crippen LogP contribution in [0.2, 0.25) is 0 Å². The molecule has 1 fully saturated rings. The zero-order valence-corrected chi connectivity index (χ0v) is 15.9. The highest BCUT2D eigenvalue weighted by Crippen LogP contribution is 2.14. The van der Waals surface area contributed by atoms with Crippen LogP contribution in [0.5, 0.6) is 0 Å². The van der Waals surface area contributed by atoms with Crippen molar-refractivity contribution in [1.29, 1.82) is 0 Å². The van der Waals surface area contributed by atoms with E-state index in [1.54, 1.807) is 7.05 Å². The van der Waals surface area contributed by atoms with Gasteiger partial charge < -0.3 is 15.5 Å². The third-order valence-electron chi connectivity index (χ3n) is 4.07. The van der Waals surface area contributed by atoms with Gasteiger partial charge in [-0.2, -0.15) is 0 Å². The average Bonchev–Trinajstić information content (AvgIpc) is 2.52. The van der Waals surface area contributed by atoms with Crippen molar-refractivity contribution >= 4 is 29.9 Å². The molecule has 23 heavy (non-hydrogen) atoms. The minimum absolute atomic E-state index is 0. The SMILES string of the molecule is CN=C(NCc1cc(F)ccc1F)NCC1CCN(C)CC1.I. The van der Waals surface area contributed by atoms with Crippen molar-refractivity contribution in [2.75, 3.05) is 33.7 Å². The molecule has 1 aliphatic heterocycles. The van der Waals surface area contributed by atoms with E-state index >= 15 is 0 Å². The lowest BCUT2D eigenvalue weighted by molar-refractivity contribution is 0.220. The largest absolute Gasteiger partial charge is 0.356 e. The summed E-state index contributed by atoms with van der Waals surface area (Å²) in [5.41, 5.74) is 0.294. The van der Waals surface area contributed by atoms with Gasteiger partial charge in [-0.25, -0.2) is 8.78 Å². The second-order valence-electron chi connectivity index (χ2n) is 5.79. The van der Waals surface area contributed by atoms with E-state index in [0.29, 0.717) is 17.4 Å². The van der Waals surface area contributed by atoms with Gasteiger partial charge in [0.05, 0.1) is 0 Å². The first-order valence-corrected chi connectivity index (χ1v) is 7.65. The predicted octanol–water partition coefficient (Wildman–Crippen LogP) is 2.59. The number of likely N-dealkylation sites (tertiary alicyclic amines) is 1. The van der Waals surface area contributed by atoms with Crippen molar-refractivity contribution < 1.29 is 8.78 Å². The van der Waals surface area contributed by atoms with Gasteiger partial charge in [-0.3, -0.25) is 4.99 Å². The number of rotatable bonds is 4. The molecule has 2 N–H and O–H groups in total. The Bertz CT molecular complexity index is 517. The molecule has 1 aromatic rings. The minimum Gasteiger partial charge on any atom is -0.356 e. The van der Waals surface area contributed by atoms with Gasteiger partial charge in [-0.15, -0.1) is 24.0 Å². The van der Waals surface area contributed by atoms with Gasteiger partial charge in [-0.05, 0) is 57.1 Å². The highest BCUT2D eigenvalue weighted by molar-refractivity contribution is 14.0. The standard InChI is InChI=1S/C16H24F2N4.HI/c1-19-16(20-10-12-5-7-22(2)8-6-12)21-11-13-9-14(17)3-4-15(13)18;/h3-4,9,12H,5-8,10-11H2,1-2H3,(H2,19,20,21);1H. The van der Waals surface area contributed by atoms with Crippen LogP contribution in [-0.2, 0) is 6.54 Å². The predicted molar refractivity (Wildman–Crippen MR) is 100 cm³/mol. The van der Waals surface area contributed by atoms with Gasteiger partial charge in [-0.1, -0.05) is 0 Å². The molecule has 0 atom stereocenters. The van der Waals surface area contributed by atoms with E-state index in [0.717, 1.165) is 31.8 Å². The van der Waals surface area contributed by atoms with Gasteiger partial charge in [0.1, 0.15) is 11.6 Å². The van der Waals surface area contributed by atoms with Crippen LogP contribution in [0.4, 0.5) is 8.78 Å². The number of benzene rings is 1. The first kappa shape index (κ1) is 20.1. The Morgan fingerprint density at radius 2 is 1.96 bits per heavy atom. The van der Waals surface area contributed by atoms with E-state index in [-0.39, 0.29) is 30.5 Å². The first-order chi connectivity index (χ1) is 10.6. The first-order valence-electron chi connectivity index (χ1n) is 7.65. The fourth-order valence-corrected chi connectivity index (χ4v) is 2.59. The van der Waals surface area contributed by atoms with Crippen molar-refractivity contribution in [1.82, 2.24) is 15.5 Å². The topological polar surface area (TPSA) is 39.7 Å². The zero-order chi connectivity index (χ0) is 15.9. The highest BCUT2D eigenvalue weighted by atomic mass is 127. The molecule has 0 radical (unpaired) electrons. The summed E-state index contributed by atoms with van der Waals surface area (Å²) < 4.78 is 26.7. The molecule has 0 spiro atoms. The molecule has 1 aliphatic rings. The lowest BCUT2D eigenvalue weighted by Gasteiger charge is -2.29. The number of hydrogen-bond acceptors (Lipinski definition) is 2. The van der Waals surface area contributed by atoms with Crippen LogP contribution in [0.3, 0.4) is 0 Å². The molecule has 0 aromatic heterocycles. The third-order valence-corrected chi connectivity index (χ3v) is 4.07. The maximum Gasteiger partial charge on any atom is 0.191 e. The summed E-state index contributed by atoms with van der Waals surface area (Å²) in [7, 11) is 3.81. The van der Waals surface area contributed by atoms with Crippen molar-refractivity contribution in [3.05, 3.63) is 35.4 Å². The van der Waals surface area contributed by atoms with Crippen LogP contribution in [0.25, 0.3) is 0 Å². The monoisotopic (exact) mass is 438 g/mol. The van der Waals surface area contributed by atoms with Gasteiger partial charge in [0.15, 0.2) is 5.96 Å². The summed E-state index contributed by atoms with van der Waals surface area (Å²) in [6.07, 6.45) is 2.33. The van der Waals surface area contributed by atoms with Crippen molar-refractivity contribution in [2.24, 2.45) is 10.9 Å². The quantitative estimate of drug-likeness (QED) is 0.432. The molecule has 130 valence electrons. The summed E-state index contributed by atoms with van der Waals surface area (Å²) in [5, 5.41) is 6.29. The summed E-state index contributed by atoms with van der Waals surface area (Å²) in [4.78, 5) is 6.45. The average molecular weight is 438 g/mol. The lowest BCUT2D eigenvalue weighted by Crippen LogP contribution is -2.42. The fraction of sp³-hybridized carbons (Fsp3) is 0.562. The molecule has 1 saturated heterocycles. The Labute approximate surface area is 153 Å². The molecule has 2 rings (SSSR count). The minimum atomic E-state index is -0.438. The van der Waals surface area contributed by atoms with Crippen LogP contribution < -0.4 is 10.6 Å². The molecule has 4 nitrogen and oxygen atoms in total. The van der Waals surface area contributed by atoms with Crippen LogP contribution in [0.1, 0.15) is 18.4 Å². The molecule has 0 unspecified atom stereocenters. The van der Waals surface area contributed by atoms with Crippen molar-refractivity contribution in [3.63, 3.8) is 0 Å². The smallest absolute Gasteiger partial charge is 0.191 e. The number of guanidine groups is 1. The van der Waals surface area contributed by atoms with Gasteiger partial charge in [0.25, 0.3) is 0 Å². The van der Waals surface area contributed by atoms with Crippen LogP contribution in [0.15, 0.2) is 23.2 Å². The summed E-state index contributed by atoms with van der Waals surface area (Å²) >= 11 is 0. The molecule has 0 bridgehead atoms. The zero-order valence-electron chi connectivity index (χ0n) is 13.6. The van der Waals surface area contributed by atoms with E-state index in [1.165, 1.54) is 18.9 Å². The third kappa shape index (κ3) is 6.58. The molecule has 7 heteroatoms. The highest BCUT2D eigenvalue weighted by Gasteiger charge is 2.16. The molecule has 1 heterocycles. The second kappa shape index (κ2) is 10.0. The Balaban J connectivity index is 0.00000264. The molecule has 0 amide bonds. The number of nitrogens with zero attached hydrogens (tertiary/aromatic N) is 2. The Morgan fingerprint density at radius 1 is 1.26 bits per heavy atom. The van der Waals surface area contributed by atoms with Crippen molar-refractivity contribution in [2.45, 2.75) is 19.4 Å². The normalized spacial score (nSPS) is 16.8. The summed E-state index contributed by atoms with van der Waals surface area (Å²) in [6, 6.07) is 3.46.